The van der Waals surface area contributed by atoms with E-state index in [1.54, 1.807) is 13.1 Å². The number of rotatable bonds is 6. The number of thiazole rings is 1. The molecule has 0 amide bonds. The summed E-state index contributed by atoms with van der Waals surface area (Å²) < 4.78 is 6.18. The van der Waals surface area contributed by atoms with E-state index >= 15 is 0 Å². The SMILES string of the molecule is CCOC(=O)C(=CNNc1ccccc1)c1nc2ccccc2s1. The number of fused-ring (bicyclic) bond motifs is 1. The molecule has 0 aliphatic heterocycles. The number of para-hydroxylation sites is 2. The summed E-state index contributed by atoms with van der Waals surface area (Å²) in [4.78, 5) is 16.8. The number of benzene rings is 2. The number of nitrogens with one attached hydrogen (secondary N) is 2. The number of anilines is 1. The third-order valence-corrected chi connectivity index (χ3v) is 4.30. The van der Waals surface area contributed by atoms with E-state index in [2.05, 4.69) is 15.8 Å². The molecule has 122 valence electrons. The number of carbonyl (C=O) groups excluding carboxylic acids is 1. The summed E-state index contributed by atoms with van der Waals surface area (Å²) in [5.41, 5.74) is 8.10. The number of carbonyl (C=O) groups is 1. The fourth-order valence-electron chi connectivity index (χ4n) is 2.12. The lowest BCUT2D eigenvalue weighted by Crippen LogP contribution is -2.17. The van der Waals surface area contributed by atoms with E-state index < -0.39 is 5.97 Å². The summed E-state index contributed by atoms with van der Waals surface area (Å²) in [6.07, 6.45) is 1.59. The fraction of sp³-hybridized carbons (Fsp3) is 0.111. The molecule has 1 aromatic heterocycles. The standard InChI is InChI=1S/C18H17N3O2S/c1-2-23-18(22)14(12-19-21-13-8-4-3-5-9-13)17-20-15-10-6-7-11-16(15)24-17/h3-12,19,21H,2H2,1H3. The van der Waals surface area contributed by atoms with Crippen molar-refractivity contribution in [2.75, 3.05) is 12.0 Å². The van der Waals surface area contributed by atoms with Crippen molar-refractivity contribution in [2.45, 2.75) is 6.92 Å². The van der Waals surface area contributed by atoms with Gasteiger partial charge in [-0.1, -0.05) is 30.3 Å². The fourth-order valence-corrected chi connectivity index (χ4v) is 3.09. The van der Waals surface area contributed by atoms with Crippen LogP contribution in [-0.2, 0) is 9.53 Å². The Labute approximate surface area is 144 Å². The summed E-state index contributed by atoms with van der Waals surface area (Å²) in [7, 11) is 0. The average Bonchev–Trinajstić information content (AvgIpc) is 3.03. The van der Waals surface area contributed by atoms with E-state index in [4.69, 9.17) is 4.74 Å². The van der Waals surface area contributed by atoms with Crippen molar-refractivity contribution in [1.29, 1.82) is 0 Å². The van der Waals surface area contributed by atoms with Gasteiger partial charge in [-0.2, -0.15) is 0 Å². The number of hydrogen-bond acceptors (Lipinski definition) is 6. The van der Waals surface area contributed by atoms with Crippen LogP contribution in [0.15, 0.2) is 60.8 Å². The molecule has 3 aromatic rings. The van der Waals surface area contributed by atoms with Crippen molar-refractivity contribution in [3.05, 3.63) is 65.8 Å². The van der Waals surface area contributed by atoms with Crippen molar-refractivity contribution in [3.63, 3.8) is 0 Å². The van der Waals surface area contributed by atoms with Gasteiger partial charge in [0.2, 0.25) is 0 Å². The van der Waals surface area contributed by atoms with E-state index in [1.165, 1.54) is 11.3 Å². The first-order valence-electron chi connectivity index (χ1n) is 7.57. The Balaban J connectivity index is 1.85. The van der Waals surface area contributed by atoms with Crippen LogP contribution in [0.1, 0.15) is 11.9 Å². The molecule has 3 rings (SSSR count). The summed E-state index contributed by atoms with van der Waals surface area (Å²) in [5, 5.41) is 0.622. The predicted octanol–water partition coefficient (Wildman–Crippen LogP) is 3.82. The maximum absolute atomic E-state index is 12.3. The molecule has 0 atom stereocenters. The average molecular weight is 339 g/mol. The van der Waals surface area contributed by atoms with Gasteiger partial charge in [0, 0.05) is 6.20 Å². The summed E-state index contributed by atoms with van der Waals surface area (Å²) >= 11 is 1.46. The third-order valence-electron chi connectivity index (χ3n) is 3.23. The van der Waals surface area contributed by atoms with Gasteiger partial charge in [0.25, 0.3) is 0 Å². The van der Waals surface area contributed by atoms with Crippen LogP contribution in [-0.4, -0.2) is 17.6 Å². The highest BCUT2D eigenvalue weighted by Crippen LogP contribution is 2.27. The van der Waals surface area contributed by atoms with Crippen LogP contribution in [0.3, 0.4) is 0 Å². The molecule has 1 heterocycles. The van der Waals surface area contributed by atoms with Gasteiger partial charge >= 0.3 is 5.97 Å². The molecule has 0 aliphatic rings. The number of aromatic nitrogens is 1. The maximum Gasteiger partial charge on any atom is 0.342 e. The van der Waals surface area contributed by atoms with Crippen LogP contribution >= 0.6 is 11.3 Å². The number of ether oxygens (including phenoxy) is 1. The second kappa shape index (κ2) is 7.61. The Bertz CT molecular complexity index is 826. The van der Waals surface area contributed by atoms with Crippen LogP contribution in [0.25, 0.3) is 15.8 Å². The highest BCUT2D eigenvalue weighted by molar-refractivity contribution is 7.19. The Morgan fingerprint density at radius 3 is 2.67 bits per heavy atom. The van der Waals surface area contributed by atoms with Gasteiger partial charge in [0.15, 0.2) is 0 Å². The normalized spacial score (nSPS) is 11.3. The smallest absolute Gasteiger partial charge is 0.342 e. The molecule has 2 N–H and O–H groups in total. The summed E-state index contributed by atoms with van der Waals surface area (Å²) in [6.45, 7) is 2.09. The molecule has 0 aliphatic carbocycles. The lowest BCUT2D eigenvalue weighted by Gasteiger charge is -2.08. The van der Waals surface area contributed by atoms with Gasteiger partial charge in [-0.25, -0.2) is 9.78 Å². The van der Waals surface area contributed by atoms with Crippen LogP contribution in [0.4, 0.5) is 5.69 Å². The molecule has 6 heteroatoms. The lowest BCUT2D eigenvalue weighted by atomic mass is 10.3. The Morgan fingerprint density at radius 2 is 1.92 bits per heavy atom. The molecule has 0 saturated carbocycles. The van der Waals surface area contributed by atoms with Crippen molar-refractivity contribution >= 4 is 38.8 Å². The third kappa shape index (κ3) is 3.72. The zero-order chi connectivity index (χ0) is 16.8. The van der Waals surface area contributed by atoms with Crippen LogP contribution in [0, 0.1) is 0 Å². The van der Waals surface area contributed by atoms with Crippen LogP contribution < -0.4 is 10.9 Å². The van der Waals surface area contributed by atoms with Gasteiger partial charge in [-0.05, 0) is 31.2 Å². The van der Waals surface area contributed by atoms with Crippen molar-refractivity contribution < 1.29 is 9.53 Å². The minimum atomic E-state index is -0.404. The molecule has 0 radical (unpaired) electrons. The molecule has 24 heavy (non-hydrogen) atoms. The van der Waals surface area contributed by atoms with Gasteiger partial charge in [-0.15, -0.1) is 11.3 Å². The van der Waals surface area contributed by atoms with Crippen molar-refractivity contribution in [3.8, 4) is 0 Å². The minimum absolute atomic E-state index is 0.313. The zero-order valence-electron chi connectivity index (χ0n) is 13.2. The van der Waals surface area contributed by atoms with Crippen molar-refractivity contribution in [2.24, 2.45) is 0 Å². The largest absolute Gasteiger partial charge is 0.462 e. The van der Waals surface area contributed by atoms with Crippen LogP contribution in [0.5, 0.6) is 0 Å². The van der Waals surface area contributed by atoms with E-state index in [9.17, 15) is 4.79 Å². The molecule has 2 aromatic carbocycles. The molecule has 0 spiro atoms. The highest BCUT2D eigenvalue weighted by atomic mass is 32.1. The first kappa shape index (κ1) is 16.0. The topological polar surface area (TPSA) is 63.2 Å². The second-order valence-corrected chi connectivity index (χ2v) is 5.93. The summed E-state index contributed by atoms with van der Waals surface area (Å²) in [6, 6.07) is 17.4. The van der Waals surface area contributed by atoms with E-state index in [0.717, 1.165) is 15.9 Å². The summed E-state index contributed by atoms with van der Waals surface area (Å²) in [5.74, 6) is -0.404. The zero-order valence-corrected chi connectivity index (χ0v) is 14.0. The minimum Gasteiger partial charge on any atom is -0.462 e. The van der Waals surface area contributed by atoms with Crippen LogP contribution in [0.2, 0.25) is 0 Å². The number of hydrogen-bond donors (Lipinski definition) is 2. The monoisotopic (exact) mass is 339 g/mol. The molecule has 0 bridgehead atoms. The molecule has 0 fully saturated rings. The van der Waals surface area contributed by atoms with Crippen molar-refractivity contribution in [1.82, 2.24) is 10.4 Å². The van der Waals surface area contributed by atoms with E-state index in [-0.39, 0.29) is 0 Å². The quantitative estimate of drug-likeness (QED) is 0.406. The maximum atomic E-state index is 12.3. The second-order valence-electron chi connectivity index (χ2n) is 4.90. The van der Waals surface area contributed by atoms with Gasteiger partial charge < -0.3 is 15.6 Å². The van der Waals surface area contributed by atoms with Gasteiger partial charge in [0.05, 0.1) is 22.5 Å². The number of hydrazine groups is 1. The predicted molar refractivity (Wildman–Crippen MR) is 97.4 cm³/mol. The van der Waals surface area contributed by atoms with E-state index in [1.807, 2.05) is 54.6 Å². The number of esters is 1. The Kier molecular flexibility index (Phi) is 5.08. The first-order valence-corrected chi connectivity index (χ1v) is 8.39. The molecule has 0 saturated heterocycles. The highest BCUT2D eigenvalue weighted by Gasteiger charge is 2.17. The molecule has 5 nitrogen and oxygen atoms in total. The Morgan fingerprint density at radius 1 is 1.17 bits per heavy atom. The first-order chi connectivity index (χ1) is 11.8. The number of nitrogens with zero attached hydrogens (tertiary/aromatic N) is 1. The van der Waals surface area contributed by atoms with Gasteiger partial charge in [0.1, 0.15) is 10.6 Å². The molecule has 0 unspecified atom stereocenters. The Hall–Kier alpha value is -2.86. The molecular weight excluding hydrogens is 322 g/mol. The lowest BCUT2D eigenvalue weighted by molar-refractivity contribution is -0.136. The van der Waals surface area contributed by atoms with Gasteiger partial charge in [-0.3, -0.25) is 0 Å². The molecular formula is C18H17N3O2S. The van der Waals surface area contributed by atoms with E-state index in [0.29, 0.717) is 17.2 Å².